The number of hydrogen-bond donors (Lipinski definition) is 1. The van der Waals surface area contributed by atoms with E-state index in [1.54, 1.807) is 12.4 Å². The summed E-state index contributed by atoms with van der Waals surface area (Å²) in [4.78, 5) is 19.6. The first-order chi connectivity index (χ1) is 14.9. The number of anilines is 1. The Morgan fingerprint density at radius 1 is 1.26 bits per heavy atom. The van der Waals surface area contributed by atoms with Crippen LogP contribution in [0.1, 0.15) is 45.1 Å². The average molecular weight is 415 g/mol. The van der Waals surface area contributed by atoms with Crippen LogP contribution < -0.4 is 15.4 Å². The number of rotatable bonds is 4. The molecule has 0 radical (unpaired) electrons. The van der Waals surface area contributed by atoms with Crippen LogP contribution in [0.25, 0.3) is 0 Å². The van der Waals surface area contributed by atoms with E-state index in [4.69, 9.17) is 10.5 Å². The molecule has 0 spiro atoms. The molecule has 0 unspecified atom stereocenters. The number of Topliss-reactive ketones (excluding diaryl/α,β-unsaturated/α-hetero) is 1. The van der Waals surface area contributed by atoms with Crippen molar-refractivity contribution in [1.82, 2.24) is 4.98 Å². The Balaban J connectivity index is 2.01. The predicted molar refractivity (Wildman–Crippen MR) is 119 cm³/mol. The third-order valence-electron chi connectivity index (χ3n) is 5.81. The number of para-hydroxylation sites is 1. The van der Waals surface area contributed by atoms with Crippen LogP contribution in [-0.4, -0.2) is 17.4 Å². The lowest BCUT2D eigenvalue weighted by atomic mass is 9.68. The molecule has 1 atom stereocenters. The molecule has 6 nitrogen and oxygen atoms in total. The lowest BCUT2D eigenvalue weighted by Crippen LogP contribution is -2.42. The fourth-order valence-electron chi connectivity index (χ4n) is 4.61. The first-order valence-corrected chi connectivity index (χ1v) is 10.5. The van der Waals surface area contributed by atoms with Crippen LogP contribution in [0.3, 0.4) is 0 Å². The molecule has 1 aliphatic heterocycles. The van der Waals surface area contributed by atoms with E-state index in [9.17, 15) is 10.1 Å². The Labute approximate surface area is 182 Å². The number of pyridine rings is 1. The van der Waals surface area contributed by atoms with Gasteiger partial charge in [-0.05, 0) is 37.0 Å². The summed E-state index contributed by atoms with van der Waals surface area (Å²) < 4.78 is 5.86. The number of allylic oxidation sites excluding steroid dienone is 3. The molecule has 1 aromatic heterocycles. The summed E-state index contributed by atoms with van der Waals surface area (Å²) in [5.41, 5.74) is 9.75. The van der Waals surface area contributed by atoms with E-state index in [0.29, 0.717) is 42.2 Å². The van der Waals surface area contributed by atoms with Crippen LogP contribution in [0.5, 0.6) is 5.75 Å². The molecule has 31 heavy (non-hydrogen) atoms. The standard InChI is InChI=1S/C25H26N4O2/c1-4-31-21-10-6-5-9-17(21)22-18(14-26)24(27)29(16-8-7-11-28-15-16)19-12-25(2,3)13-20(30)23(19)22/h5-11,15,22H,4,12-13,27H2,1-3H3/t22-/m1/s1. The lowest BCUT2D eigenvalue weighted by molar-refractivity contribution is -0.118. The normalized spacial score (nSPS) is 20.4. The van der Waals surface area contributed by atoms with Crippen molar-refractivity contribution < 1.29 is 9.53 Å². The van der Waals surface area contributed by atoms with Crippen LogP contribution in [0.2, 0.25) is 0 Å². The van der Waals surface area contributed by atoms with Crippen molar-refractivity contribution in [2.45, 2.75) is 39.5 Å². The summed E-state index contributed by atoms with van der Waals surface area (Å²) in [6, 6.07) is 13.6. The van der Waals surface area contributed by atoms with Crippen molar-refractivity contribution >= 4 is 11.5 Å². The minimum Gasteiger partial charge on any atom is -0.494 e. The molecule has 0 amide bonds. The SMILES string of the molecule is CCOc1ccccc1[C@@H]1C(C#N)=C(N)N(c2cccnc2)C2=C1C(=O)CC(C)(C)C2. The van der Waals surface area contributed by atoms with E-state index in [1.807, 2.05) is 48.2 Å². The van der Waals surface area contributed by atoms with Gasteiger partial charge in [-0.3, -0.25) is 14.7 Å². The summed E-state index contributed by atoms with van der Waals surface area (Å²) in [6.07, 6.45) is 4.46. The molecule has 2 N–H and O–H groups in total. The topological polar surface area (TPSA) is 92.2 Å². The smallest absolute Gasteiger partial charge is 0.162 e. The number of ether oxygens (including phenoxy) is 1. The summed E-state index contributed by atoms with van der Waals surface area (Å²) in [7, 11) is 0. The Bertz CT molecular complexity index is 1130. The van der Waals surface area contributed by atoms with E-state index in [1.165, 1.54) is 0 Å². The van der Waals surface area contributed by atoms with Gasteiger partial charge in [-0.1, -0.05) is 32.0 Å². The number of ketones is 1. The maximum atomic E-state index is 13.5. The molecule has 1 aliphatic carbocycles. The lowest BCUT2D eigenvalue weighted by Gasteiger charge is -2.43. The zero-order valence-electron chi connectivity index (χ0n) is 18.1. The van der Waals surface area contributed by atoms with Crippen LogP contribution in [-0.2, 0) is 4.79 Å². The summed E-state index contributed by atoms with van der Waals surface area (Å²) in [6.45, 7) is 6.56. The van der Waals surface area contributed by atoms with Gasteiger partial charge in [-0.15, -0.1) is 0 Å². The number of aromatic nitrogens is 1. The Hall–Kier alpha value is -3.59. The van der Waals surface area contributed by atoms with Crippen LogP contribution in [0, 0.1) is 16.7 Å². The molecule has 6 heteroatoms. The van der Waals surface area contributed by atoms with Crippen LogP contribution in [0.4, 0.5) is 5.69 Å². The Morgan fingerprint density at radius 2 is 2.03 bits per heavy atom. The Morgan fingerprint density at radius 3 is 2.71 bits per heavy atom. The maximum absolute atomic E-state index is 13.5. The highest BCUT2D eigenvalue weighted by Crippen LogP contribution is 2.51. The molecule has 2 aromatic rings. The average Bonchev–Trinajstić information content (AvgIpc) is 2.73. The fourth-order valence-corrected chi connectivity index (χ4v) is 4.61. The third-order valence-corrected chi connectivity index (χ3v) is 5.81. The van der Waals surface area contributed by atoms with Crippen LogP contribution in [0.15, 0.2) is 71.5 Å². The van der Waals surface area contributed by atoms with Crippen molar-refractivity contribution in [2.24, 2.45) is 11.1 Å². The quantitative estimate of drug-likeness (QED) is 0.796. The van der Waals surface area contributed by atoms with Crippen molar-refractivity contribution in [3.8, 4) is 11.8 Å². The fraction of sp³-hybridized carbons (Fsp3) is 0.320. The minimum atomic E-state index is -0.556. The molecule has 1 aromatic carbocycles. The van der Waals surface area contributed by atoms with Gasteiger partial charge < -0.3 is 10.5 Å². The van der Waals surface area contributed by atoms with Gasteiger partial charge in [0, 0.05) is 29.5 Å². The van der Waals surface area contributed by atoms with Gasteiger partial charge in [0.05, 0.1) is 36.1 Å². The summed E-state index contributed by atoms with van der Waals surface area (Å²) >= 11 is 0. The van der Waals surface area contributed by atoms with Crippen molar-refractivity contribution in [1.29, 1.82) is 5.26 Å². The van der Waals surface area contributed by atoms with E-state index in [-0.39, 0.29) is 11.2 Å². The van der Waals surface area contributed by atoms with Gasteiger partial charge in [0.25, 0.3) is 0 Å². The number of nitrogens with zero attached hydrogens (tertiary/aromatic N) is 3. The maximum Gasteiger partial charge on any atom is 0.162 e. The second-order valence-corrected chi connectivity index (χ2v) is 8.66. The van der Waals surface area contributed by atoms with Crippen molar-refractivity contribution in [3.63, 3.8) is 0 Å². The molecule has 0 saturated heterocycles. The second-order valence-electron chi connectivity index (χ2n) is 8.66. The van der Waals surface area contributed by atoms with Gasteiger partial charge in [-0.25, -0.2) is 0 Å². The zero-order chi connectivity index (χ0) is 22.2. The number of carbonyl (C=O) groups is 1. The molecular weight excluding hydrogens is 388 g/mol. The predicted octanol–water partition coefficient (Wildman–Crippen LogP) is 4.42. The molecule has 2 heterocycles. The highest BCUT2D eigenvalue weighted by Gasteiger charge is 2.45. The van der Waals surface area contributed by atoms with Gasteiger partial charge in [-0.2, -0.15) is 5.26 Å². The Kier molecular flexibility index (Phi) is 5.28. The molecule has 2 aliphatic rings. The van der Waals surface area contributed by atoms with Gasteiger partial charge in [0.15, 0.2) is 5.78 Å². The van der Waals surface area contributed by atoms with Crippen molar-refractivity contribution in [3.05, 3.63) is 77.0 Å². The van der Waals surface area contributed by atoms with E-state index >= 15 is 0 Å². The summed E-state index contributed by atoms with van der Waals surface area (Å²) in [5, 5.41) is 10.2. The first kappa shape index (κ1) is 20.7. The van der Waals surface area contributed by atoms with E-state index in [2.05, 4.69) is 24.9 Å². The molecule has 0 saturated carbocycles. The zero-order valence-corrected chi connectivity index (χ0v) is 18.1. The van der Waals surface area contributed by atoms with Crippen LogP contribution >= 0.6 is 0 Å². The molecule has 158 valence electrons. The first-order valence-electron chi connectivity index (χ1n) is 10.5. The number of carbonyl (C=O) groups excluding carboxylic acids is 1. The monoisotopic (exact) mass is 414 g/mol. The van der Waals surface area contributed by atoms with E-state index < -0.39 is 5.92 Å². The summed E-state index contributed by atoms with van der Waals surface area (Å²) in [5.74, 6) is 0.474. The number of nitriles is 1. The minimum absolute atomic E-state index is 0.0386. The van der Waals surface area contributed by atoms with Gasteiger partial charge in [0.2, 0.25) is 0 Å². The number of nitrogens with two attached hydrogens (primary N) is 1. The van der Waals surface area contributed by atoms with Crippen molar-refractivity contribution in [2.75, 3.05) is 11.5 Å². The molecular formula is C25H26N4O2. The molecule has 0 bridgehead atoms. The largest absolute Gasteiger partial charge is 0.494 e. The second kappa shape index (κ2) is 7.92. The molecule has 0 fully saturated rings. The van der Waals surface area contributed by atoms with Gasteiger partial charge in [0.1, 0.15) is 11.6 Å². The number of hydrogen-bond acceptors (Lipinski definition) is 6. The highest BCUT2D eigenvalue weighted by atomic mass is 16.5. The highest BCUT2D eigenvalue weighted by molar-refractivity contribution is 6.01. The number of benzene rings is 1. The van der Waals surface area contributed by atoms with E-state index in [0.717, 1.165) is 16.9 Å². The molecule has 4 rings (SSSR count). The third kappa shape index (κ3) is 3.57. The van der Waals surface area contributed by atoms with Gasteiger partial charge >= 0.3 is 0 Å².